The molecule has 9 aliphatic heterocycles. The molecule has 33 N–H and O–H groups in total. The summed E-state index contributed by atoms with van der Waals surface area (Å²) in [5, 5.41) is 328. The zero-order valence-corrected chi connectivity index (χ0v) is 66.1. The highest BCUT2D eigenvalue weighted by Gasteiger charge is 2.63. The average molecular weight is 1820 g/mol. The highest BCUT2D eigenvalue weighted by atomic mass is 16.8. The fourth-order valence-corrected chi connectivity index (χ4v) is 15.6. The van der Waals surface area contributed by atoms with Crippen molar-refractivity contribution in [3.05, 3.63) is 0 Å². The smallest absolute Gasteiger partial charge is 0.364 e. The number of carboxylic acids is 2. The number of carbonyl (C=O) groups excluding carboxylic acids is 4. The van der Waals surface area contributed by atoms with Crippen LogP contribution in [0.1, 0.15) is 40.5 Å². The maximum atomic E-state index is 13.0. The van der Waals surface area contributed by atoms with Gasteiger partial charge in [-0.15, -0.1) is 0 Å². The van der Waals surface area contributed by atoms with Crippen LogP contribution in [-0.4, -0.2) is 530 Å². The van der Waals surface area contributed by atoms with Gasteiger partial charge < -0.3 is 250 Å². The molecule has 0 saturated carbocycles. The third kappa shape index (κ3) is 22.6. The summed E-state index contributed by atoms with van der Waals surface area (Å²) in [6.45, 7) is -6.80. The SMILES string of the molecule is CC(=O)N[C@H]1[C@@H](O[C@@H]2[C@H](OC[C@H]3O[C@@H](O)[C@H](O)[C@H](OC4O[C@H](CO)[C@@H](O)[C@H](O)[C@@H]4O[C@@H]4O[C@H](CO)[C@@H](O[C@H]5O[C@@H](CO[C@]6(C(=O)O)C[C@H](O)[C@@H](NC(C)=O)[C@@H]([C@H](O)[C@@H](O)CO)O6)[C@@H](O)[C@H](O)[C@H]5O)[C@H](O)[C@H]4NC(C)=O)[C@@H]3O)O[C@@H](CO)[C@H](O)[C@@H]2O)O[C@@H](CO)[C@H](O[C@H]2O[C@@H](CO[C@]3(C(=O)O)C[C@H](O)[C@@H](NC(C)=O)[C@@H]([C@@H](O)[C@@H](O)CO)O3)[C@@H](O)[C@H](O)[C@H]2O)[C@@H]1O. The fraction of sp³-hybridized carbons (Fsp3) is 0.912. The van der Waals surface area contributed by atoms with Gasteiger partial charge in [-0.3, -0.25) is 19.2 Å². The topological polar surface area (TPSA) is 894 Å². The second-order valence-electron chi connectivity index (χ2n) is 31.1. The number of carboxylic acid groups (broad SMARTS) is 2. The number of nitrogens with one attached hydrogen (secondary N) is 4. The maximum Gasteiger partial charge on any atom is 0.364 e. The van der Waals surface area contributed by atoms with Crippen molar-refractivity contribution in [1.29, 1.82) is 0 Å². The molecule has 47 atom stereocenters. The van der Waals surface area contributed by atoms with Crippen molar-refractivity contribution in [2.75, 3.05) is 59.5 Å². The van der Waals surface area contributed by atoms with Gasteiger partial charge in [0.1, 0.15) is 207 Å². The van der Waals surface area contributed by atoms with Gasteiger partial charge in [0.15, 0.2) is 44.0 Å². The van der Waals surface area contributed by atoms with E-state index in [0.717, 1.165) is 27.7 Å². The van der Waals surface area contributed by atoms with Gasteiger partial charge in [0, 0.05) is 40.5 Å². The van der Waals surface area contributed by atoms with E-state index in [4.69, 9.17) is 80.5 Å². The molecule has 9 saturated heterocycles. The van der Waals surface area contributed by atoms with Crippen molar-refractivity contribution in [3.63, 3.8) is 0 Å². The number of amides is 4. The molecule has 124 heavy (non-hydrogen) atoms. The Morgan fingerprint density at radius 3 is 1.00 bits per heavy atom. The molecule has 4 amide bonds. The van der Waals surface area contributed by atoms with Crippen molar-refractivity contribution >= 4 is 35.6 Å². The van der Waals surface area contributed by atoms with Crippen LogP contribution < -0.4 is 21.3 Å². The number of aliphatic hydroxyl groups excluding tert-OH is 27. The van der Waals surface area contributed by atoms with E-state index in [9.17, 15) is 177 Å². The van der Waals surface area contributed by atoms with Crippen LogP contribution in [0.3, 0.4) is 0 Å². The molecule has 9 fully saturated rings. The Labute approximate surface area is 699 Å². The van der Waals surface area contributed by atoms with Crippen molar-refractivity contribution < 1.29 is 257 Å². The summed E-state index contributed by atoms with van der Waals surface area (Å²) < 4.78 is 98.3. The van der Waals surface area contributed by atoms with Crippen LogP contribution in [0, 0.1) is 0 Å². The molecule has 56 heteroatoms. The number of ether oxygens (including phenoxy) is 17. The lowest BCUT2D eigenvalue weighted by molar-refractivity contribution is -0.391. The summed E-state index contributed by atoms with van der Waals surface area (Å²) in [7, 11) is 0. The Balaban J connectivity index is 0.893. The van der Waals surface area contributed by atoms with E-state index in [1.165, 1.54) is 0 Å². The Kier molecular flexibility index (Phi) is 36.4. The normalized spacial score (nSPS) is 46.3. The number of carbonyl (C=O) groups is 6. The third-order valence-electron chi connectivity index (χ3n) is 22.3. The Bertz CT molecular complexity index is 3450. The molecule has 9 aliphatic rings. The summed E-state index contributed by atoms with van der Waals surface area (Å²) in [5.41, 5.74) is 0. The average Bonchev–Trinajstić information content (AvgIpc) is 0.770. The number of rotatable bonds is 35. The lowest BCUT2D eigenvalue weighted by Gasteiger charge is -2.50. The molecule has 56 nitrogen and oxygen atoms in total. The number of aliphatic hydroxyl groups is 27. The zero-order chi connectivity index (χ0) is 92.1. The minimum atomic E-state index is -3.07. The first-order valence-electron chi connectivity index (χ1n) is 38.9. The fourth-order valence-electron chi connectivity index (χ4n) is 15.6. The van der Waals surface area contributed by atoms with Gasteiger partial charge in [-0.1, -0.05) is 0 Å². The maximum absolute atomic E-state index is 13.0. The monoisotopic (exact) mass is 1820 g/mol. The first kappa shape index (κ1) is 103. The van der Waals surface area contributed by atoms with Gasteiger partial charge in [0.05, 0.1) is 83.8 Å². The molecule has 1 unspecified atom stereocenters. The summed E-state index contributed by atoms with van der Waals surface area (Å²) in [6.07, 6.45) is -91.5. The predicted molar refractivity (Wildman–Crippen MR) is 378 cm³/mol. The van der Waals surface area contributed by atoms with Crippen LogP contribution in [0.4, 0.5) is 0 Å². The minimum absolute atomic E-state index is 0.833. The van der Waals surface area contributed by atoms with E-state index in [2.05, 4.69) is 21.3 Å². The molecule has 0 aromatic heterocycles. The van der Waals surface area contributed by atoms with Crippen LogP contribution in [0.2, 0.25) is 0 Å². The Hall–Kier alpha value is -4.94. The lowest BCUT2D eigenvalue weighted by Crippen LogP contribution is -2.70. The minimum Gasteiger partial charge on any atom is -0.477 e. The third-order valence-corrected chi connectivity index (χ3v) is 22.3. The summed E-state index contributed by atoms with van der Waals surface area (Å²) in [6, 6.07) is -7.34. The number of aliphatic carboxylic acids is 2. The van der Waals surface area contributed by atoms with E-state index in [-0.39, 0.29) is 0 Å². The second-order valence-corrected chi connectivity index (χ2v) is 31.1. The molecule has 0 aromatic rings. The molecule has 0 aliphatic carbocycles. The molecule has 0 aromatic carbocycles. The Morgan fingerprint density at radius 2 is 0.645 bits per heavy atom. The zero-order valence-electron chi connectivity index (χ0n) is 66.1. The van der Waals surface area contributed by atoms with E-state index in [1.54, 1.807) is 0 Å². The predicted octanol–water partition coefficient (Wildman–Crippen LogP) is -21.6. The molecule has 9 rings (SSSR count). The molecule has 0 spiro atoms. The van der Waals surface area contributed by atoms with E-state index >= 15 is 0 Å². The van der Waals surface area contributed by atoms with Gasteiger partial charge in [-0.25, -0.2) is 9.59 Å². The van der Waals surface area contributed by atoms with E-state index in [0.29, 0.717) is 0 Å². The largest absolute Gasteiger partial charge is 0.477 e. The summed E-state index contributed by atoms with van der Waals surface area (Å²) in [4.78, 5) is 75.9. The van der Waals surface area contributed by atoms with Crippen LogP contribution in [0.25, 0.3) is 0 Å². The molecule has 0 radical (unpaired) electrons. The second kappa shape index (κ2) is 43.9. The van der Waals surface area contributed by atoms with Gasteiger partial charge in [0.2, 0.25) is 23.6 Å². The molecular weight excluding hydrogens is 1700 g/mol. The van der Waals surface area contributed by atoms with Crippen LogP contribution in [0.5, 0.6) is 0 Å². The van der Waals surface area contributed by atoms with Crippen LogP contribution in [-0.2, 0) is 109 Å². The van der Waals surface area contributed by atoms with Crippen molar-refractivity contribution in [3.8, 4) is 0 Å². The number of hydrogen-bond donors (Lipinski definition) is 33. The molecule has 716 valence electrons. The highest BCUT2D eigenvalue weighted by molar-refractivity contribution is 5.78. The summed E-state index contributed by atoms with van der Waals surface area (Å²) in [5.74, 6) is -13.9. The van der Waals surface area contributed by atoms with E-state index < -0.39 is 395 Å². The quantitative estimate of drug-likeness (QED) is 0.0280. The Morgan fingerprint density at radius 1 is 0.331 bits per heavy atom. The molecule has 0 bridgehead atoms. The van der Waals surface area contributed by atoms with Crippen LogP contribution in [0.15, 0.2) is 0 Å². The molecular formula is C68H112N4O52. The molecule has 9 heterocycles. The summed E-state index contributed by atoms with van der Waals surface area (Å²) >= 11 is 0. The first-order valence-corrected chi connectivity index (χ1v) is 38.9. The van der Waals surface area contributed by atoms with Crippen molar-refractivity contribution in [2.24, 2.45) is 0 Å². The van der Waals surface area contributed by atoms with E-state index in [1.807, 2.05) is 0 Å². The van der Waals surface area contributed by atoms with Gasteiger partial charge >= 0.3 is 11.9 Å². The first-order chi connectivity index (χ1) is 58.3. The van der Waals surface area contributed by atoms with Crippen molar-refractivity contribution in [2.45, 2.75) is 328 Å². The van der Waals surface area contributed by atoms with Gasteiger partial charge in [-0.05, 0) is 0 Å². The highest BCUT2D eigenvalue weighted by Crippen LogP contribution is 2.42. The number of hydrogen-bond acceptors (Lipinski definition) is 50. The van der Waals surface area contributed by atoms with Crippen LogP contribution >= 0.6 is 0 Å². The van der Waals surface area contributed by atoms with Gasteiger partial charge in [-0.2, -0.15) is 0 Å². The van der Waals surface area contributed by atoms with Crippen molar-refractivity contribution in [1.82, 2.24) is 21.3 Å². The standard InChI is InChI=1S/C68H112N4O52/c1-16(79)69-31-20(83)5-67(65(104)105,123-53(31)35(87)22(85)7-73)109-14-29-39(91)44(96)48(100)61(116-29)118-51-26(11-77)114-59(33(42(51)94)71-18(3)81)121-56-46(98)37(89)24(9-75)112-63(56)108-13-28-41(93)55(50(102)58(103)111-28)120-64-57(47(99)38(90)25(10-76)113-64)122-60-34(72-19(4)82)43(95)52(27(12-78)115-60)119-62-49(101)45(97)40(92)30(117-62)15-110-68(66(106)107)6-21(84)32(70-17(2)80)54(124-68)36(88)23(86)8-74/h20-64,73-78,83-103H,5-15H2,1-4H3,(H,69,79)(H,70,80)(H,71,81)(H,72,82)(H,104,105)(H,106,107)/t20-,21-,22-,23-,24-,25+,26-,27+,28+,29-,30-,31+,32+,33+,34+,35-,36+,37-,38+,39+,40+,41+,42+,43+,44-,45-,46-,47-,48+,49+,50+,51-,52+,53-,54-,55+,56-,57-,58+,59+,60-,61+,62+,63+,64?,67+,68+/m0/s1. The lowest BCUT2D eigenvalue weighted by atomic mass is 9.88. The van der Waals surface area contributed by atoms with Gasteiger partial charge in [0.25, 0.3) is 11.6 Å².